The van der Waals surface area contributed by atoms with Gasteiger partial charge in [-0.2, -0.15) is 5.10 Å². The smallest absolute Gasteiger partial charge is 0.250 e. The molecule has 0 unspecified atom stereocenters. The Bertz CT molecular complexity index is 864. The normalized spacial score (nSPS) is 11.3. The third kappa shape index (κ3) is 3.52. The molecule has 0 aliphatic rings. The Morgan fingerprint density at radius 3 is 2.91 bits per heavy atom. The van der Waals surface area contributed by atoms with Crippen LogP contribution in [0.25, 0.3) is 16.6 Å². The summed E-state index contributed by atoms with van der Waals surface area (Å²) in [7, 11) is 1.76. The van der Waals surface area contributed by atoms with Gasteiger partial charge in [-0.1, -0.05) is 17.7 Å². The predicted octanol–water partition coefficient (Wildman–Crippen LogP) is 4.22. The Hall–Kier alpha value is -1.96. The third-order valence-electron chi connectivity index (χ3n) is 3.11. The number of nitrogens with zero attached hydrogens (tertiary/aromatic N) is 3. The van der Waals surface area contributed by atoms with E-state index in [1.807, 2.05) is 29.8 Å². The summed E-state index contributed by atoms with van der Waals surface area (Å²) in [6.45, 7) is 1.84. The molecule has 0 atom stereocenters. The van der Waals surface area contributed by atoms with Crippen molar-refractivity contribution in [2.24, 2.45) is 7.05 Å². The molecule has 1 amide bonds. The van der Waals surface area contributed by atoms with Gasteiger partial charge in [-0.25, -0.2) is 4.98 Å². The van der Waals surface area contributed by atoms with Gasteiger partial charge in [0, 0.05) is 24.1 Å². The van der Waals surface area contributed by atoms with Crippen molar-refractivity contribution >= 4 is 51.4 Å². The second-order valence-corrected chi connectivity index (χ2v) is 6.92. The molecule has 23 heavy (non-hydrogen) atoms. The Kier molecular flexibility index (Phi) is 4.61. The summed E-state index contributed by atoms with van der Waals surface area (Å²) in [6, 6.07) is 3.97. The van der Waals surface area contributed by atoms with Gasteiger partial charge >= 0.3 is 0 Å². The molecule has 0 saturated heterocycles. The van der Waals surface area contributed by atoms with Crippen LogP contribution in [0.2, 0.25) is 5.15 Å². The zero-order chi connectivity index (χ0) is 16.4. The van der Waals surface area contributed by atoms with Gasteiger partial charge in [0.15, 0.2) is 5.13 Å². The van der Waals surface area contributed by atoms with Crippen LogP contribution in [0, 0.1) is 6.92 Å². The fourth-order valence-corrected chi connectivity index (χ4v) is 3.72. The van der Waals surface area contributed by atoms with Crippen LogP contribution in [-0.2, 0) is 11.8 Å². The minimum Gasteiger partial charge on any atom is -0.298 e. The van der Waals surface area contributed by atoms with Gasteiger partial charge < -0.3 is 0 Å². The van der Waals surface area contributed by atoms with Crippen LogP contribution in [-0.4, -0.2) is 20.7 Å². The topological polar surface area (TPSA) is 59.8 Å². The quantitative estimate of drug-likeness (QED) is 0.705. The van der Waals surface area contributed by atoms with E-state index < -0.39 is 0 Å². The molecular formula is C15H13ClN4OS2. The first kappa shape index (κ1) is 15.9. The van der Waals surface area contributed by atoms with Gasteiger partial charge in [-0.05, 0) is 24.4 Å². The molecule has 0 bridgehead atoms. The van der Waals surface area contributed by atoms with E-state index in [4.69, 9.17) is 11.6 Å². The summed E-state index contributed by atoms with van der Waals surface area (Å²) in [5, 5.41) is 11.9. The maximum absolute atomic E-state index is 12.0. The number of amides is 1. The van der Waals surface area contributed by atoms with E-state index in [1.54, 1.807) is 29.1 Å². The molecule has 0 aliphatic carbocycles. The van der Waals surface area contributed by atoms with Crippen LogP contribution in [0.4, 0.5) is 5.13 Å². The molecule has 3 heterocycles. The zero-order valence-electron chi connectivity index (χ0n) is 12.4. The monoisotopic (exact) mass is 364 g/mol. The van der Waals surface area contributed by atoms with Crippen molar-refractivity contribution in [3.05, 3.63) is 45.4 Å². The SMILES string of the molecule is Cc1nn(C)c(Cl)c1/C=C/C(=O)Nc1nc(-c2cccs2)cs1. The summed E-state index contributed by atoms with van der Waals surface area (Å²) in [4.78, 5) is 17.5. The maximum atomic E-state index is 12.0. The van der Waals surface area contributed by atoms with Crippen LogP contribution < -0.4 is 5.32 Å². The lowest BCUT2D eigenvalue weighted by Crippen LogP contribution is -2.07. The molecule has 0 saturated carbocycles. The number of aryl methyl sites for hydroxylation is 2. The van der Waals surface area contributed by atoms with Crippen LogP contribution >= 0.6 is 34.3 Å². The largest absolute Gasteiger partial charge is 0.298 e. The Balaban J connectivity index is 1.69. The highest BCUT2D eigenvalue weighted by atomic mass is 35.5. The number of carbonyl (C=O) groups is 1. The van der Waals surface area contributed by atoms with Gasteiger partial charge in [0.05, 0.1) is 16.3 Å². The van der Waals surface area contributed by atoms with Crippen molar-refractivity contribution in [3.8, 4) is 10.6 Å². The molecule has 0 spiro atoms. The van der Waals surface area contributed by atoms with E-state index >= 15 is 0 Å². The minimum absolute atomic E-state index is 0.253. The first-order valence-corrected chi connectivity index (χ1v) is 8.86. The van der Waals surface area contributed by atoms with Crippen molar-refractivity contribution < 1.29 is 4.79 Å². The summed E-state index contributed by atoms with van der Waals surface area (Å²) in [5.41, 5.74) is 2.38. The molecule has 5 nitrogen and oxygen atoms in total. The number of halogens is 1. The van der Waals surface area contributed by atoms with Gasteiger partial charge in [0.2, 0.25) is 5.91 Å². The fraction of sp³-hybridized carbons (Fsp3) is 0.133. The predicted molar refractivity (Wildman–Crippen MR) is 96.0 cm³/mol. The number of rotatable bonds is 4. The molecule has 0 radical (unpaired) electrons. The zero-order valence-corrected chi connectivity index (χ0v) is 14.8. The standard InChI is InChI=1S/C15H13ClN4OS2/c1-9-10(14(16)20(2)19-9)5-6-13(21)18-15-17-11(8-23-15)12-4-3-7-22-12/h3-8H,1-2H3,(H,17,18,21)/b6-5+. The highest BCUT2D eigenvalue weighted by molar-refractivity contribution is 7.16. The van der Waals surface area contributed by atoms with E-state index in [0.717, 1.165) is 21.8 Å². The lowest BCUT2D eigenvalue weighted by atomic mass is 10.2. The van der Waals surface area contributed by atoms with E-state index in [1.165, 1.54) is 17.4 Å². The number of anilines is 1. The van der Waals surface area contributed by atoms with Crippen molar-refractivity contribution in [3.63, 3.8) is 0 Å². The number of thiophene rings is 1. The molecule has 118 valence electrons. The number of carbonyl (C=O) groups excluding carboxylic acids is 1. The van der Waals surface area contributed by atoms with E-state index in [-0.39, 0.29) is 5.91 Å². The maximum Gasteiger partial charge on any atom is 0.250 e. The van der Waals surface area contributed by atoms with Crippen LogP contribution in [0.3, 0.4) is 0 Å². The second kappa shape index (κ2) is 6.66. The van der Waals surface area contributed by atoms with Gasteiger partial charge in [-0.3, -0.25) is 14.8 Å². The molecule has 0 fully saturated rings. The molecule has 8 heteroatoms. The Labute approximate surface area is 146 Å². The molecular weight excluding hydrogens is 352 g/mol. The van der Waals surface area contributed by atoms with Crippen LogP contribution in [0.1, 0.15) is 11.3 Å². The number of nitrogens with one attached hydrogen (secondary N) is 1. The average molecular weight is 365 g/mol. The molecule has 3 aromatic heterocycles. The third-order valence-corrected chi connectivity index (χ3v) is 5.20. The summed E-state index contributed by atoms with van der Waals surface area (Å²) in [6.07, 6.45) is 3.09. The van der Waals surface area contributed by atoms with Crippen LogP contribution in [0.15, 0.2) is 29.0 Å². The van der Waals surface area contributed by atoms with E-state index in [9.17, 15) is 4.79 Å². The second-order valence-electron chi connectivity index (χ2n) is 4.75. The Morgan fingerprint density at radius 2 is 2.26 bits per heavy atom. The van der Waals surface area contributed by atoms with Gasteiger partial charge in [0.1, 0.15) is 5.15 Å². The number of thiazole rings is 1. The molecule has 0 aliphatic heterocycles. The minimum atomic E-state index is -0.253. The van der Waals surface area contributed by atoms with E-state index in [0.29, 0.717) is 10.3 Å². The fourth-order valence-electron chi connectivity index (χ4n) is 2.01. The first-order chi connectivity index (χ1) is 11.0. The lowest BCUT2D eigenvalue weighted by molar-refractivity contribution is -0.111. The average Bonchev–Trinajstić information content (AvgIpc) is 3.21. The molecule has 1 N–H and O–H groups in total. The number of aromatic nitrogens is 3. The molecule has 3 aromatic rings. The molecule has 3 rings (SSSR count). The number of hydrogen-bond donors (Lipinski definition) is 1. The summed E-state index contributed by atoms with van der Waals surface area (Å²) >= 11 is 9.14. The van der Waals surface area contributed by atoms with Crippen LogP contribution in [0.5, 0.6) is 0 Å². The van der Waals surface area contributed by atoms with Gasteiger partial charge in [-0.15, -0.1) is 22.7 Å². The summed E-state index contributed by atoms with van der Waals surface area (Å²) in [5.74, 6) is -0.253. The summed E-state index contributed by atoms with van der Waals surface area (Å²) < 4.78 is 1.57. The molecule has 0 aromatic carbocycles. The van der Waals surface area contributed by atoms with Crippen molar-refractivity contribution in [1.29, 1.82) is 0 Å². The van der Waals surface area contributed by atoms with Crippen molar-refractivity contribution in [2.75, 3.05) is 5.32 Å². The first-order valence-electron chi connectivity index (χ1n) is 6.72. The van der Waals surface area contributed by atoms with Gasteiger partial charge in [0.25, 0.3) is 0 Å². The Morgan fingerprint density at radius 1 is 1.43 bits per heavy atom. The van der Waals surface area contributed by atoms with Crippen molar-refractivity contribution in [1.82, 2.24) is 14.8 Å². The highest BCUT2D eigenvalue weighted by Gasteiger charge is 2.10. The highest BCUT2D eigenvalue weighted by Crippen LogP contribution is 2.28. The number of hydrogen-bond acceptors (Lipinski definition) is 5. The van der Waals surface area contributed by atoms with E-state index in [2.05, 4.69) is 15.4 Å². The van der Waals surface area contributed by atoms with Crippen molar-refractivity contribution in [2.45, 2.75) is 6.92 Å². The lowest BCUT2D eigenvalue weighted by Gasteiger charge is -1.96.